The topological polar surface area (TPSA) is 77.3 Å². The van der Waals surface area contributed by atoms with E-state index in [0.717, 1.165) is 123 Å². The lowest BCUT2D eigenvalue weighted by Gasteiger charge is -2.16. The molecule has 0 spiro atoms. The van der Waals surface area contributed by atoms with Crippen molar-refractivity contribution < 1.29 is 0 Å². The van der Waals surface area contributed by atoms with Gasteiger partial charge in [0, 0.05) is 76.8 Å². The van der Waals surface area contributed by atoms with Crippen LogP contribution in [0.5, 0.6) is 0 Å². The standard InChI is InChI=1S/C61H39N3.C55H35N3/c1-3-15-40(16-4-1)42-29-33-44(34-30-42)56-39-57(45-35-31-43(32-36-45)41-17-5-2-6-18-41)64-61(63-56)49-22-14-20-47(38-49)46-19-13-21-48(37-46)60-59-53-26-10-8-24-51(53)50-23-7-9-25-52(50)58(59)54-27-11-12-28-55(54)62-60;1-3-15-36(16-4-1)37-29-31-39(32-30-37)51-35-50(38-17-5-2-6-18-38)57-55(58-51)43-22-14-20-41(34-43)40-19-13-21-42(33-40)54-53-47-26-10-8-24-45(47)44-23-7-9-25-46(44)52(53)48-27-11-12-28-49(48)56-54/h1-39H;1-35H. The summed E-state index contributed by atoms with van der Waals surface area (Å²) in [5.41, 5.74) is 27.0. The van der Waals surface area contributed by atoms with E-state index < -0.39 is 0 Å². The first-order valence-corrected chi connectivity index (χ1v) is 41.4. The van der Waals surface area contributed by atoms with Gasteiger partial charge in [0.15, 0.2) is 11.6 Å². The van der Waals surface area contributed by atoms with Crippen LogP contribution >= 0.6 is 0 Å². The van der Waals surface area contributed by atoms with Crippen LogP contribution in [0, 0.1) is 0 Å². The van der Waals surface area contributed by atoms with Gasteiger partial charge in [-0.3, -0.25) is 0 Å². The van der Waals surface area contributed by atoms with Crippen molar-refractivity contribution in [2.75, 3.05) is 0 Å². The number of pyridine rings is 2. The molecule has 568 valence electrons. The molecule has 122 heavy (non-hydrogen) atoms. The molecule has 0 N–H and O–H groups in total. The first kappa shape index (κ1) is 72.2. The van der Waals surface area contributed by atoms with E-state index in [2.05, 4.69) is 425 Å². The van der Waals surface area contributed by atoms with Crippen molar-refractivity contribution in [1.82, 2.24) is 29.9 Å². The molecule has 0 fully saturated rings. The van der Waals surface area contributed by atoms with Gasteiger partial charge in [0.05, 0.1) is 45.2 Å². The molecule has 0 amide bonds. The van der Waals surface area contributed by atoms with Crippen LogP contribution in [-0.4, -0.2) is 29.9 Å². The number of rotatable bonds is 13. The van der Waals surface area contributed by atoms with Crippen LogP contribution in [0.3, 0.4) is 0 Å². The van der Waals surface area contributed by atoms with E-state index in [9.17, 15) is 0 Å². The highest BCUT2D eigenvalue weighted by Gasteiger charge is 2.23. The molecule has 0 aliphatic rings. The third kappa shape index (κ3) is 13.6. The molecule has 0 radical (unpaired) electrons. The molecular formula is C116H74N6. The fraction of sp³-hybridized carbons (Fsp3) is 0. The second kappa shape index (κ2) is 31.3. The number of benzene rings is 19. The smallest absolute Gasteiger partial charge is 0.160 e. The summed E-state index contributed by atoms with van der Waals surface area (Å²) in [4.78, 5) is 31.7. The zero-order chi connectivity index (χ0) is 80.8. The quantitative estimate of drug-likeness (QED) is 0.107. The second-order valence-electron chi connectivity index (χ2n) is 31.1. The van der Waals surface area contributed by atoms with Crippen LogP contribution < -0.4 is 0 Å². The van der Waals surface area contributed by atoms with Gasteiger partial charge < -0.3 is 0 Å². The Morgan fingerprint density at radius 3 is 0.631 bits per heavy atom. The van der Waals surface area contributed by atoms with Gasteiger partial charge >= 0.3 is 0 Å². The number of hydrogen-bond donors (Lipinski definition) is 0. The lowest BCUT2D eigenvalue weighted by atomic mass is 9.89. The van der Waals surface area contributed by atoms with E-state index in [-0.39, 0.29) is 0 Å². The summed E-state index contributed by atoms with van der Waals surface area (Å²) >= 11 is 0. The van der Waals surface area contributed by atoms with Gasteiger partial charge in [-0.1, -0.05) is 400 Å². The van der Waals surface area contributed by atoms with E-state index in [0.29, 0.717) is 11.6 Å². The summed E-state index contributed by atoms with van der Waals surface area (Å²) in [5, 5.41) is 17.0. The Balaban J connectivity index is 0.000000146. The molecule has 0 unspecified atom stereocenters. The van der Waals surface area contributed by atoms with Gasteiger partial charge in [0.2, 0.25) is 0 Å². The van der Waals surface area contributed by atoms with Crippen molar-refractivity contribution in [3.63, 3.8) is 0 Å². The highest BCUT2D eigenvalue weighted by molar-refractivity contribution is 6.35. The van der Waals surface area contributed by atoms with Gasteiger partial charge in [0.1, 0.15) is 0 Å². The first-order chi connectivity index (χ1) is 60.5. The van der Waals surface area contributed by atoms with Gasteiger partial charge in [-0.15, -0.1) is 0 Å². The van der Waals surface area contributed by atoms with Crippen molar-refractivity contribution in [1.29, 1.82) is 0 Å². The average Bonchev–Trinajstić information content (AvgIpc) is 0.719. The van der Waals surface area contributed by atoms with Gasteiger partial charge in [-0.2, -0.15) is 0 Å². The molecule has 0 saturated heterocycles. The molecule has 4 aromatic heterocycles. The summed E-state index contributed by atoms with van der Waals surface area (Å²) in [6.45, 7) is 0. The molecule has 0 aliphatic heterocycles. The minimum Gasteiger partial charge on any atom is -0.247 e. The van der Waals surface area contributed by atoms with Gasteiger partial charge in [0.25, 0.3) is 0 Å². The number of nitrogens with zero attached hydrogens (tertiary/aromatic N) is 6. The maximum absolute atomic E-state index is 5.43. The predicted octanol–water partition coefficient (Wildman–Crippen LogP) is 30.6. The molecule has 0 bridgehead atoms. The molecule has 19 aromatic carbocycles. The van der Waals surface area contributed by atoms with Crippen LogP contribution in [0.1, 0.15) is 0 Å². The lowest BCUT2D eigenvalue weighted by molar-refractivity contribution is 1.18. The highest BCUT2D eigenvalue weighted by atomic mass is 14.9. The number of para-hydroxylation sites is 2. The largest absolute Gasteiger partial charge is 0.247 e. The second-order valence-corrected chi connectivity index (χ2v) is 31.1. The normalized spacial score (nSPS) is 11.4. The molecular weight excluding hydrogens is 1480 g/mol. The van der Waals surface area contributed by atoms with Crippen LogP contribution in [0.4, 0.5) is 0 Å². The molecule has 6 nitrogen and oxygen atoms in total. The molecule has 0 saturated carbocycles. The Kier molecular flexibility index (Phi) is 18.5. The molecule has 6 heteroatoms. The minimum atomic E-state index is 0.672. The Morgan fingerprint density at radius 1 is 0.115 bits per heavy atom. The molecule has 23 aromatic rings. The Morgan fingerprint density at radius 2 is 0.320 bits per heavy atom. The van der Waals surface area contributed by atoms with Crippen molar-refractivity contribution in [3.8, 4) is 146 Å². The van der Waals surface area contributed by atoms with Crippen molar-refractivity contribution in [2.24, 2.45) is 0 Å². The SMILES string of the molecule is c1ccc(-c2ccc(-c3cc(-c4ccc(-c5ccccc5)cc4)nc(-c4cccc(-c5cccc(-c6nc7ccccc7c7c8ccccc8c8ccccc8c67)c5)c4)n3)cc2)cc1.c1ccc(-c2ccc(-c3cc(-c4ccccc4)nc(-c4cccc(-c5cccc(-c6nc7ccccc7c7c8ccccc8c8ccccc8c67)c5)c4)n3)cc2)cc1. The summed E-state index contributed by atoms with van der Waals surface area (Å²) in [6, 6.07) is 159. The first-order valence-electron chi connectivity index (χ1n) is 41.4. The molecule has 0 atom stereocenters. The van der Waals surface area contributed by atoms with Crippen LogP contribution in [0.2, 0.25) is 0 Å². The molecule has 0 aliphatic carbocycles. The van der Waals surface area contributed by atoms with E-state index in [4.69, 9.17) is 29.9 Å². The minimum absolute atomic E-state index is 0.672. The number of fused-ring (bicyclic) bond motifs is 16. The van der Waals surface area contributed by atoms with E-state index >= 15 is 0 Å². The fourth-order valence-corrected chi connectivity index (χ4v) is 17.8. The zero-order valence-electron chi connectivity index (χ0n) is 66.4. The maximum Gasteiger partial charge on any atom is 0.160 e. The Labute approximate surface area is 706 Å². The summed E-state index contributed by atoms with van der Waals surface area (Å²) in [6.07, 6.45) is 0. The van der Waals surface area contributed by atoms with Crippen molar-refractivity contribution >= 4 is 86.4 Å². The fourth-order valence-electron chi connectivity index (χ4n) is 17.8. The summed E-state index contributed by atoms with van der Waals surface area (Å²) < 4.78 is 0. The van der Waals surface area contributed by atoms with Crippen LogP contribution in [-0.2, 0) is 0 Å². The maximum atomic E-state index is 5.43. The lowest BCUT2D eigenvalue weighted by Crippen LogP contribution is -1.96. The van der Waals surface area contributed by atoms with Gasteiger partial charge in [-0.05, 0) is 147 Å². The number of hydrogen-bond acceptors (Lipinski definition) is 6. The highest BCUT2D eigenvalue weighted by Crippen LogP contribution is 2.47. The Hall–Kier alpha value is -16.3. The monoisotopic (exact) mass is 1550 g/mol. The van der Waals surface area contributed by atoms with E-state index in [1.807, 2.05) is 24.3 Å². The average molecular weight is 1550 g/mol. The number of aromatic nitrogens is 6. The third-order valence-electron chi connectivity index (χ3n) is 23.7. The van der Waals surface area contributed by atoms with E-state index in [1.165, 1.54) is 98.0 Å². The third-order valence-corrected chi connectivity index (χ3v) is 23.7. The summed E-state index contributed by atoms with van der Waals surface area (Å²) in [7, 11) is 0. The molecule has 4 heterocycles. The summed E-state index contributed by atoms with van der Waals surface area (Å²) in [5.74, 6) is 1.35. The van der Waals surface area contributed by atoms with E-state index in [1.54, 1.807) is 0 Å². The Bertz CT molecular complexity index is 7850. The zero-order valence-corrected chi connectivity index (χ0v) is 66.4. The van der Waals surface area contributed by atoms with Gasteiger partial charge in [-0.25, -0.2) is 29.9 Å². The van der Waals surface area contributed by atoms with Crippen molar-refractivity contribution in [2.45, 2.75) is 0 Å². The van der Waals surface area contributed by atoms with Crippen LogP contribution in [0.15, 0.2) is 449 Å². The predicted molar refractivity (Wildman–Crippen MR) is 510 cm³/mol. The molecule has 23 rings (SSSR count). The van der Waals surface area contributed by atoms with Crippen LogP contribution in [0.25, 0.3) is 232 Å². The van der Waals surface area contributed by atoms with Crippen molar-refractivity contribution in [3.05, 3.63) is 449 Å².